The molecular formula is C25H16N2S. The minimum absolute atomic E-state index is 0.992. The van der Waals surface area contributed by atoms with E-state index in [-0.39, 0.29) is 0 Å². The molecule has 0 atom stereocenters. The van der Waals surface area contributed by atoms with Gasteiger partial charge in [0.2, 0.25) is 0 Å². The van der Waals surface area contributed by atoms with Crippen LogP contribution in [0.5, 0.6) is 0 Å². The van der Waals surface area contributed by atoms with Crippen molar-refractivity contribution in [2.75, 3.05) is 0 Å². The molecule has 0 saturated heterocycles. The second kappa shape index (κ2) is 6.04. The third-order valence-corrected chi connectivity index (χ3v) is 6.27. The van der Waals surface area contributed by atoms with Crippen LogP contribution >= 0.6 is 11.3 Å². The van der Waals surface area contributed by atoms with Crippen molar-refractivity contribution >= 4 is 43.2 Å². The largest absolute Gasteiger partial charge is 0.306 e. The van der Waals surface area contributed by atoms with Gasteiger partial charge in [-0.2, -0.15) is 0 Å². The molecule has 0 unspecified atom stereocenters. The van der Waals surface area contributed by atoms with Crippen molar-refractivity contribution in [2.24, 2.45) is 0 Å². The minimum Gasteiger partial charge on any atom is -0.306 e. The van der Waals surface area contributed by atoms with Gasteiger partial charge < -0.3 is 4.57 Å². The summed E-state index contributed by atoms with van der Waals surface area (Å²) >= 11 is 1.80. The Kier molecular flexibility index (Phi) is 3.37. The van der Waals surface area contributed by atoms with E-state index in [1.165, 1.54) is 31.9 Å². The molecule has 2 nitrogen and oxygen atoms in total. The molecule has 3 aromatic heterocycles. The first-order valence-corrected chi connectivity index (χ1v) is 10.2. The number of pyridine rings is 1. The summed E-state index contributed by atoms with van der Waals surface area (Å²) in [4.78, 5) is 4.77. The summed E-state index contributed by atoms with van der Waals surface area (Å²) in [6, 6.07) is 29.9. The molecule has 3 heterocycles. The monoisotopic (exact) mass is 376 g/mol. The maximum Gasteiger partial charge on any atom is 0.0719 e. The Labute approximate surface area is 166 Å². The van der Waals surface area contributed by atoms with E-state index in [1.54, 1.807) is 11.3 Å². The molecule has 0 aliphatic heterocycles. The number of thiophene rings is 1. The van der Waals surface area contributed by atoms with Gasteiger partial charge in [-0.25, -0.2) is 0 Å². The van der Waals surface area contributed by atoms with Crippen LogP contribution in [0.15, 0.2) is 96.5 Å². The number of hydrogen-bond acceptors (Lipinski definition) is 2. The van der Waals surface area contributed by atoms with E-state index in [0.29, 0.717) is 0 Å². The lowest BCUT2D eigenvalue weighted by Crippen LogP contribution is -1.95. The number of aromatic nitrogens is 2. The van der Waals surface area contributed by atoms with Crippen LogP contribution in [0.2, 0.25) is 0 Å². The van der Waals surface area contributed by atoms with Crippen LogP contribution in [-0.2, 0) is 0 Å². The molecule has 6 aromatic rings. The van der Waals surface area contributed by atoms with Crippen molar-refractivity contribution in [2.45, 2.75) is 0 Å². The van der Waals surface area contributed by atoms with Gasteiger partial charge in [0, 0.05) is 16.3 Å². The van der Waals surface area contributed by atoms with Crippen LogP contribution in [0.1, 0.15) is 0 Å². The van der Waals surface area contributed by atoms with Crippen molar-refractivity contribution in [3.8, 4) is 16.9 Å². The summed E-state index contributed by atoms with van der Waals surface area (Å²) in [6.45, 7) is 0. The lowest BCUT2D eigenvalue weighted by atomic mass is 10.1. The summed E-state index contributed by atoms with van der Waals surface area (Å²) in [6.07, 6.45) is 1.99. The smallest absolute Gasteiger partial charge is 0.0719 e. The molecule has 28 heavy (non-hydrogen) atoms. The molecular weight excluding hydrogens is 360 g/mol. The Balaban J connectivity index is 1.66. The average Bonchev–Trinajstić information content (AvgIpc) is 3.37. The molecule has 0 radical (unpaired) electrons. The zero-order chi connectivity index (χ0) is 18.5. The summed E-state index contributed by atoms with van der Waals surface area (Å²) in [5.74, 6) is 0. The summed E-state index contributed by atoms with van der Waals surface area (Å²) in [5, 5.41) is 6.02. The summed E-state index contributed by atoms with van der Waals surface area (Å²) in [5.41, 5.74) is 5.70. The molecule has 0 bridgehead atoms. The number of fused-ring (bicyclic) bond motifs is 5. The molecule has 0 amide bonds. The van der Waals surface area contributed by atoms with E-state index >= 15 is 0 Å². The second-order valence-corrected chi connectivity index (χ2v) is 7.84. The van der Waals surface area contributed by atoms with Crippen LogP contribution in [0.25, 0.3) is 48.8 Å². The van der Waals surface area contributed by atoms with Gasteiger partial charge >= 0.3 is 0 Å². The van der Waals surface area contributed by atoms with Gasteiger partial charge in [-0.05, 0) is 35.0 Å². The Morgan fingerprint density at radius 3 is 2.43 bits per heavy atom. The lowest BCUT2D eigenvalue weighted by molar-refractivity contribution is 1.15. The second-order valence-electron chi connectivity index (χ2n) is 6.92. The first-order chi connectivity index (χ1) is 13.9. The maximum atomic E-state index is 4.77. The van der Waals surface area contributed by atoms with E-state index in [2.05, 4.69) is 76.7 Å². The Hall–Kier alpha value is -3.43. The number of benzene rings is 3. The van der Waals surface area contributed by atoms with E-state index in [4.69, 9.17) is 4.98 Å². The fraction of sp³-hybridized carbons (Fsp3) is 0. The van der Waals surface area contributed by atoms with E-state index in [0.717, 1.165) is 16.9 Å². The van der Waals surface area contributed by atoms with Gasteiger partial charge in [-0.1, -0.05) is 60.7 Å². The normalized spacial score (nSPS) is 11.6. The molecule has 0 spiro atoms. The van der Waals surface area contributed by atoms with Gasteiger partial charge in [0.05, 0.1) is 33.3 Å². The molecule has 3 heteroatoms. The van der Waals surface area contributed by atoms with Crippen LogP contribution in [0, 0.1) is 0 Å². The van der Waals surface area contributed by atoms with E-state index in [1.807, 2.05) is 24.4 Å². The zero-order valence-electron chi connectivity index (χ0n) is 15.0. The summed E-state index contributed by atoms with van der Waals surface area (Å²) < 4.78 is 3.67. The van der Waals surface area contributed by atoms with Crippen molar-refractivity contribution in [3.05, 3.63) is 96.5 Å². The molecule has 0 aliphatic carbocycles. The van der Waals surface area contributed by atoms with Crippen LogP contribution in [0.4, 0.5) is 0 Å². The SMILES string of the molecule is c1ccc(-c2ccc(-n3c4ccccc4c4ccc5ccsc5c43)cn2)cc1. The first-order valence-electron chi connectivity index (χ1n) is 9.31. The molecule has 0 aliphatic rings. The average molecular weight is 376 g/mol. The quantitative estimate of drug-likeness (QED) is 0.316. The Bertz CT molecular complexity index is 1440. The maximum absolute atomic E-state index is 4.77. The van der Waals surface area contributed by atoms with Crippen LogP contribution in [0.3, 0.4) is 0 Å². The molecule has 3 aromatic carbocycles. The molecule has 132 valence electrons. The predicted octanol–water partition coefficient (Wildman–Crippen LogP) is 7.06. The fourth-order valence-electron chi connectivity index (χ4n) is 4.04. The topological polar surface area (TPSA) is 17.8 Å². The zero-order valence-corrected chi connectivity index (χ0v) is 15.9. The van der Waals surface area contributed by atoms with Gasteiger partial charge in [0.25, 0.3) is 0 Å². The number of nitrogens with zero attached hydrogens (tertiary/aromatic N) is 2. The highest BCUT2D eigenvalue weighted by atomic mass is 32.1. The highest BCUT2D eigenvalue weighted by Gasteiger charge is 2.15. The number of rotatable bonds is 2. The number of hydrogen-bond donors (Lipinski definition) is 0. The Morgan fingerprint density at radius 2 is 1.57 bits per heavy atom. The number of para-hydroxylation sites is 1. The highest BCUT2D eigenvalue weighted by molar-refractivity contribution is 7.18. The molecule has 0 N–H and O–H groups in total. The molecule has 0 saturated carbocycles. The predicted molar refractivity (Wildman–Crippen MR) is 119 cm³/mol. The Morgan fingerprint density at radius 1 is 0.714 bits per heavy atom. The fourth-order valence-corrected chi connectivity index (χ4v) is 4.98. The molecule has 6 rings (SSSR count). The third-order valence-electron chi connectivity index (χ3n) is 5.33. The highest BCUT2D eigenvalue weighted by Crippen LogP contribution is 2.38. The third kappa shape index (κ3) is 2.23. The van der Waals surface area contributed by atoms with Crippen molar-refractivity contribution in [1.82, 2.24) is 9.55 Å². The van der Waals surface area contributed by atoms with Gasteiger partial charge in [-0.3, -0.25) is 4.98 Å². The van der Waals surface area contributed by atoms with Crippen molar-refractivity contribution < 1.29 is 0 Å². The van der Waals surface area contributed by atoms with Gasteiger partial charge in [0.1, 0.15) is 0 Å². The van der Waals surface area contributed by atoms with E-state index in [9.17, 15) is 0 Å². The van der Waals surface area contributed by atoms with E-state index < -0.39 is 0 Å². The summed E-state index contributed by atoms with van der Waals surface area (Å²) in [7, 11) is 0. The minimum atomic E-state index is 0.992. The lowest BCUT2D eigenvalue weighted by Gasteiger charge is -2.09. The van der Waals surface area contributed by atoms with Crippen LogP contribution < -0.4 is 0 Å². The molecule has 0 fully saturated rings. The van der Waals surface area contributed by atoms with Gasteiger partial charge in [-0.15, -0.1) is 11.3 Å². The van der Waals surface area contributed by atoms with Crippen molar-refractivity contribution in [3.63, 3.8) is 0 Å². The van der Waals surface area contributed by atoms with Gasteiger partial charge in [0.15, 0.2) is 0 Å². The van der Waals surface area contributed by atoms with Crippen molar-refractivity contribution in [1.29, 1.82) is 0 Å². The van der Waals surface area contributed by atoms with Crippen LogP contribution in [-0.4, -0.2) is 9.55 Å². The standard InChI is InChI=1S/C25H16N2S/c1-2-6-17(7-3-1)22-13-11-19(16-26-22)27-23-9-5-4-8-20(23)21-12-10-18-14-15-28-25(18)24(21)27/h1-16H. The first kappa shape index (κ1) is 15.6.